The zero-order valence-corrected chi connectivity index (χ0v) is 13.9. The molecule has 1 heterocycles. The summed E-state index contributed by atoms with van der Waals surface area (Å²) in [5.41, 5.74) is 0.431. The monoisotopic (exact) mass is 344 g/mol. The number of nitrogens with one attached hydrogen (secondary N) is 1. The molecule has 0 atom stereocenters. The number of hydrogen-bond acceptors (Lipinski definition) is 5. The highest BCUT2D eigenvalue weighted by Gasteiger charge is 2.40. The average Bonchev–Trinajstić information content (AvgIpc) is 3.08. The molecule has 0 bridgehead atoms. The first-order chi connectivity index (χ1) is 12.0. The lowest BCUT2D eigenvalue weighted by molar-refractivity contribution is -0.131. The first-order valence-corrected chi connectivity index (χ1v) is 8.37. The molecular weight excluding hydrogens is 324 g/mol. The van der Waals surface area contributed by atoms with E-state index in [0.717, 1.165) is 30.6 Å². The Balaban J connectivity index is 1.92. The Hall–Kier alpha value is -2.83. The smallest absolute Gasteiger partial charge is 0.331 e. The van der Waals surface area contributed by atoms with Gasteiger partial charge in [-0.05, 0) is 43.5 Å². The van der Waals surface area contributed by atoms with E-state index in [9.17, 15) is 19.5 Å². The molecule has 25 heavy (non-hydrogen) atoms. The van der Waals surface area contributed by atoms with Crippen molar-refractivity contribution in [2.45, 2.75) is 38.6 Å². The summed E-state index contributed by atoms with van der Waals surface area (Å²) in [4.78, 5) is 38.1. The van der Waals surface area contributed by atoms with Crippen molar-refractivity contribution >= 4 is 23.9 Å². The van der Waals surface area contributed by atoms with Crippen molar-refractivity contribution in [1.29, 1.82) is 0 Å². The topological polar surface area (TPSA) is 95.9 Å². The predicted octanol–water partition coefficient (Wildman–Crippen LogP) is 2.20. The summed E-state index contributed by atoms with van der Waals surface area (Å²) in [6, 6.07) is 3.73. The lowest BCUT2D eigenvalue weighted by atomic mass is 10.0. The van der Waals surface area contributed by atoms with Gasteiger partial charge in [-0.3, -0.25) is 19.8 Å². The second-order valence-corrected chi connectivity index (χ2v) is 6.09. The first kappa shape index (κ1) is 17.0. The Bertz CT molecular complexity index is 750. The molecule has 7 heteroatoms. The van der Waals surface area contributed by atoms with Gasteiger partial charge in [0, 0.05) is 6.04 Å². The van der Waals surface area contributed by atoms with E-state index in [1.807, 2.05) is 0 Å². The van der Waals surface area contributed by atoms with Gasteiger partial charge >= 0.3 is 6.03 Å². The maximum atomic E-state index is 12.7. The van der Waals surface area contributed by atoms with Crippen molar-refractivity contribution in [2.24, 2.45) is 0 Å². The van der Waals surface area contributed by atoms with Gasteiger partial charge in [-0.15, -0.1) is 0 Å². The van der Waals surface area contributed by atoms with Gasteiger partial charge in [-0.2, -0.15) is 0 Å². The SMILES string of the molecule is CCOc1cc(/C=C2\C(=O)NC(=O)N(C3CCCC3)C2=O)ccc1O. The standard InChI is InChI=1S/C18H20N2O5/c1-2-25-15-10-11(7-8-14(15)21)9-13-16(22)19-18(24)20(17(13)23)12-5-3-4-6-12/h7-10,12,21H,2-6H2,1H3,(H,19,22,24)/b13-9+. The highest BCUT2D eigenvalue weighted by Crippen LogP contribution is 2.30. The minimum absolute atomic E-state index is 0.0221. The molecule has 1 saturated carbocycles. The number of rotatable bonds is 4. The number of hydrogen-bond donors (Lipinski definition) is 2. The molecule has 2 aliphatic rings. The average molecular weight is 344 g/mol. The van der Waals surface area contributed by atoms with Crippen LogP contribution in [0.5, 0.6) is 11.5 Å². The summed E-state index contributed by atoms with van der Waals surface area (Å²) in [5.74, 6) is -1.04. The molecule has 7 nitrogen and oxygen atoms in total. The lowest BCUT2D eigenvalue weighted by Gasteiger charge is -2.31. The Morgan fingerprint density at radius 1 is 1.28 bits per heavy atom. The number of nitrogens with zero attached hydrogens (tertiary/aromatic N) is 1. The van der Waals surface area contributed by atoms with Crippen molar-refractivity contribution in [3.05, 3.63) is 29.3 Å². The van der Waals surface area contributed by atoms with E-state index in [4.69, 9.17) is 4.74 Å². The van der Waals surface area contributed by atoms with E-state index in [1.54, 1.807) is 19.1 Å². The number of aromatic hydroxyl groups is 1. The van der Waals surface area contributed by atoms with Crippen LogP contribution in [0.3, 0.4) is 0 Å². The number of imide groups is 2. The maximum absolute atomic E-state index is 12.7. The summed E-state index contributed by atoms with van der Waals surface area (Å²) in [6.45, 7) is 2.16. The van der Waals surface area contributed by atoms with Gasteiger partial charge in [0.15, 0.2) is 11.5 Å². The van der Waals surface area contributed by atoms with Crippen LogP contribution in [-0.4, -0.2) is 40.5 Å². The quantitative estimate of drug-likeness (QED) is 0.645. The van der Waals surface area contributed by atoms with Crippen molar-refractivity contribution in [3.63, 3.8) is 0 Å². The number of ether oxygens (including phenoxy) is 1. The normalized spacial score (nSPS) is 20.3. The third kappa shape index (κ3) is 3.35. The van der Waals surface area contributed by atoms with Crippen molar-refractivity contribution in [3.8, 4) is 11.5 Å². The Morgan fingerprint density at radius 2 is 2.00 bits per heavy atom. The minimum atomic E-state index is -0.713. The van der Waals surface area contributed by atoms with Crippen LogP contribution in [0.2, 0.25) is 0 Å². The zero-order valence-electron chi connectivity index (χ0n) is 13.9. The van der Waals surface area contributed by atoms with E-state index in [1.165, 1.54) is 12.1 Å². The number of barbiturate groups is 1. The lowest BCUT2D eigenvalue weighted by Crippen LogP contribution is -2.57. The molecule has 1 aliphatic heterocycles. The molecule has 132 valence electrons. The number of carbonyl (C=O) groups is 3. The van der Waals surface area contributed by atoms with Crippen LogP contribution in [0.4, 0.5) is 4.79 Å². The molecule has 0 aromatic heterocycles. The van der Waals surface area contributed by atoms with Gasteiger partial charge in [0.25, 0.3) is 11.8 Å². The number of phenolic OH excluding ortho intramolecular Hbond substituents is 1. The fraction of sp³-hybridized carbons (Fsp3) is 0.389. The molecule has 0 unspecified atom stereocenters. The van der Waals surface area contributed by atoms with Gasteiger partial charge in [0.1, 0.15) is 5.57 Å². The van der Waals surface area contributed by atoms with Crippen LogP contribution in [0.15, 0.2) is 23.8 Å². The van der Waals surface area contributed by atoms with Crippen LogP contribution >= 0.6 is 0 Å². The van der Waals surface area contributed by atoms with Crippen LogP contribution in [0.1, 0.15) is 38.2 Å². The number of carbonyl (C=O) groups excluding carboxylic acids is 3. The van der Waals surface area contributed by atoms with E-state index >= 15 is 0 Å². The highest BCUT2D eigenvalue weighted by molar-refractivity contribution is 6.31. The molecule has 1 aromatic carbocycles. The molecule has 0 radical (unpaired) electrons. The molecule has 1 aromatic rings. The van der Waals surface area contributed by atoms with Gasteiger partial charge in [-0.25, -0.2) is 4.79 Å². The fourth-order valence-corrected chi connectivity index (χ4v) is 3.22. The van der Waals surface area contributed by atoms with Gasteiger partial charge in [0.05, 0.1) is 6.61 Å². The molecule has 2 N–H and O–H groups in total. The first-order valence-electron chi connectivity index (χ1n) is 8.37. The summed E-state index contributed by atoms with van der Waals surface area (Å²) in [5, 5.41) is 12.0. The van der Waals surface area contributed by atoms with E-state index in [0.29, 0.717) is 12.2 Å². The predicted molar refractivity (Wildman–Crippen MR) is 89.9 cm³/mol. The second kappa shape index (κ2) is 6.96. The van der Waals surface area contributed by atoms with Gasteiger partial charge in [-0.1, -0.05) is 18.9 Å². The second-order valence-electron chi connectivity index (χ2n) is 6.09. The molecule has 4 amide bonds. The van der Waals surface area contributed by atoms with Crippen molar-refractivity contribution in [2.75, 3.05) is 6.61 Å². The molecule has 1 aliphatic carbocycles. The summed E-state index contributed by atoms with van der Waals surface area (Å²) in [6.07, 6.45) is 4.85. The summed E-state index contributed by atoms with van der Waals surface area (Å²) < 4.78 is 5.31. The van der Waals surface area contributed by atoms with E-state index in [2.05, 4.69) is 5.32 Å². The van der Waals surface area contributed by atoms with Crippen LogP contribution in [0, 0.1) is 0 Å². The molecule has 2 fully saturated rings. The number of urea groups is 1. The molecule has 1 saturated heterocycles. The Labute approximate surface area is 145 Å². The highest BCUT2D eigenvalue weighted by atomic mass is 16.5. The third-order valence-electron chi connectivity index (χ3n) is 4.42. The summed E-state index contributed by atoms with van der Waals surface area (Å²) in [7, 11) is 0. The zero-order chi connectivity index (χ0) is 18.0. The molecular formula is C18H20N2O5. The third-order valence-corrected chi connectivity index (χ3v) is 4.42. The molecule has 3 rings (SSSR count). The maximum Gasteiger partial charge on any atom is 0.331 e. The number of benzene rings is 1. The van der Waals surface area contributed by atoms with E-state index < -0.39 is 17.8 Å². The minimum Gasteiger partial charge on any atom is -0.504 e. The molecule has 0 spiro atoms. The van der Waals surface area contributed by atoms with Crippen molar-refractivity contribution in [1.82, 2.24) is 10.2 Å². The van der Waals surface area contributed by atoms with Crippen LogP contribution in [0.25, 0.3) is 6.08 Å². The van der Waals surface area contributed by atoms with Crippen molar-refractivity contribution < 1.29 is 24.2 Å². The number of amides is 4. The largest absolute Gasteiger partial charge is 0.504 e. The van der Waals surface area contributed by atoms with Crippen LogP contribution < -0.4 is 10.1 Å². The Kier molecular flexibility index (Phi) is 4.74. The van der Waals surface area contributed by atoms with Crippen LogP contribution in [-0.2, 0) is 9.59 Å². The van der Waals surface area contributed by atoms with Gasteiger partial charge in [0.2, 0.25) is 0 Å². The Morgan fingerprint density at radius 3 is 2.68 bits per heavy atom. The number of phenols is 1. The van der Waals surface area contributed by atoms with E-state index in [-0.39, 0.29) is 23.1 Å². The van der Waals surface area contributed by atoms with Gasteiger partial charge < -0.3 is 9.84 Å². The fourth-order valence-electron chi connectivity index (χ4n) is 3.22. The summed E-state index contributed by atoms with van der Waals surface area (Å²) >= 11 is 0.